The molecule has 0 spiro atoms. The molecule has 2 aliphatic rings. The number of aliphatic imine (C=N–C) groups is 1. The molecule has 1 atom stereocenters. The Morgan fingerprint density at radius 2 is 1.90 bits per heavy atom. The zero-order valence-electron chi connectivity index (χ0n) is 17.5. The van der Waals surface area contributed by atoms with Gasteiger partial charge in [-0.2, -0.15) is 18.2 Å². The van der Waals surface area contributed by atoms with Crippen LogP contribution in [0.4, 0.5) is 13.2 Å². The molecule has 1 saturated heterocycles. The van der Waals surface area contributed by atoms with Crippen molar-refractivity contribution >= 4 is 11.7 Å². The van der Waals surface area contributed by atoms with Gasteiger partial charge in [0.05, 0.1) is 18.2 Å². The highest BCUT2D eigenvalue weighted by atomic mass is 19.4. The molecule has 1 aromatic rings. The molecule has 1 heterocycles. The van der Waals surface area contributed by atoms with Crippen molar-refractivity contribution in [2.45, 2.75) is 52.3 Å². The van der Waals surface area contributed by atoms with Crippen molar-refractivity contribution in [3.05, 3.63) is 29.3 Å². The summed E-state index contributed by atoms with van der Waals surface area (Å²) in [6, 6.07) is 3.03. The van der Waals surface area contributed by atoms with Gasteiger partial charge in [0, 0.05) is 26.1 Å². The maximum atomic E-state index is 13.1. The Morgan fingerprint density at radius 1 is 1.24 bits per heavy atom. The molecular formula is C21H28F3N3O2. The highest BCUT2D eigenvalue weighted by Crippen LogP contribution is 2.38. The van der Waals surface area contributed by atoms with E-state index in [2.05, 4.69) is 30.8 Å². The lowest BCUT2D eigenvalue weighted by atomic mass is 9.85. The average molecular weight is 411 g/mol. The molecule has 0 bridgehead atoms. The minimum Gasteiger partial charge on any atom is -0.496 e. The van der Waals surface area contributed by atoms with Gasteiger partial charge in [-0.15, -0.1) is 0 Å². The summed E-state index contributed by atoms with van der Waals surface area (Å²) in [6.07, 6.45) is -1.68. The van der Waals surface area contributed by atoms with E-state index in [1.165, 1.54) is 7.11 Å². The van der Waals surface area contributed by atoms with Crippen LogP contribution in [0.1, 0.15) is 56.0 Å². The van der Waals surface area contributed by atoms with Crippen molar-refractivity contribution in [1.29, 1.82) is 0 Å². The molecular weight excluding hydrogens is 383 g/mol. The van der Waals surface area contributed by atoms with Gasteiger partial charge in [0.2, 0.25) is 0 Å². The van der Waals surface area contributed by atoms with Crippen molar-refractivity contribution in [3.63, 3.8) is 0 Å². The monoisotopic (exact) mass is 411 g/mol. The number of hydrogen-bond acceptors (Lipinski definition) is 3. The van der Waals surface area contributed by atoms with Crippen LogP contribution < -0.4 is 4.74 Å². The smallest absolute Gasteiger partial charge is 0.416 e. The number of carbonyl (C=O) groups excluding carboxylic acids is 1. The Bertz CT molecular complexity index is 810. The normalized spacial score (nSPS) is 22.4. The van der Waals surface area contributed by atoms with E-state index in [4.69, 9.17) is 4.74 Å². The van der Waals surface area contributed by atoms with Gasteiger partial charge in [-0.25, -0.2) is 5.01 Å². The molecule has 1 aliphatic heterocycles. The van der Waals surface area contributed by atoms with Crippen molar-refractivity contribution in [2.75, 3.05) is 20.7 Å². The summed E-state index contributed by atoms with van der Waals surface area (Å²) in [5.41, 5.74) is -1.11. The van der Waals surface area contributed by atoms with Crippen LogP contribution in [-0.2, 0) is 6.18 Å². The summed E-state index contributed by atoms with van der Waals surface area (Å²) < 4.78 is 44.5. The fourth-order valence-electron chi connectivity index (χ4n) is 3.74. The van der Waals surface area contributed by atoms with Crippen molar-refractivity contribution < 1.29 is 22.7 Å². The number of nitrogens with zero attached hydrogens (tertiary/aromatic N) is 3. The van der Waals surface area contributed by atoms with Gasteiger partial charge in [-0.05, 0) is 42.4 Å². The number of benzene rings is 1. The van der Waals surface area contributed by atoms with Crippen LogP contribution in [0.3, 0.4) is 0 Å². The van der Waals surface area contributed by atoms with Crippen LogP contribution in [0.15, 0.2) is 23.2 Å². The van der Waals surface area contributed by atoms with E-state index in [-0.39, 0.29) is 22.8 Å². The summed E-state index contributed by atoms with van der Waals surface area (Å²) in [6.45, 7) is 7.16. The summed E-state index contributed by atoms with van der Waals surface area (Å²) in [5.74, 6) is 0.537. The van der Waals surface area contributed by atoms with E-state index in [1.807, 2.05) is 12.1 Å². The van der Waals surface area contributed by atoms with Crippen LogP contribution >= 0.6 is 0 Å². The number of rotatable bonds is 4. The third kappa shape index (κ3) is 4.74. The molecule has 1 aromatic carbocycles. The number of ether oxygens (including phenoxy) is 1. The Balaban J connectivity index is 1.95. The lowest BCUT2D eigenvalue weighted by molar-refractivity contribution is -0.137. The van der Waals surface area contributed by atoms with E-state index < -0.39 is 17.6 Å². The number of carbonyl (C=O) groups is 1. The fraction of sp³-hybridized carbons (Fsp3) is 0.619. The van der Waals surface area contributed by atoms with Gasteiger partial charge in [0.25, 0.3) is 5.91 Å². The minimum atomic E-state index is -4.54. The van der Waals surface area contributed by atoms with Gasteiger partial charge >= 0.3 is 6.18 Å². The van der Waals surface area contributed by atoms with Gasteiger partial charge in [-0.1, -0.05) is 20.8 Å². The summed E-state index contributed by atoms with van der Waals surface area (Å²) in [5, 5.41) is 4.14. The first-order valence-electron chi connectivity index (χ1n) is 9.79. The van der Waals surface area contributed by atoms with Crippen molar-refractivity contribution in [1.82, 2.24) is 10.0 Å². The van der Waals surface area contributed by atoms with E-state index in [0.29, 0.717) is 18.2 Å². The van der Waals surface area contributed by atoms with Gasteiger partial charge < -0.3 is 4.74 Å². The first kappa shape index (κ1) is 21.6. The number of amides is 1. The summed E-state index contributed by atoms with van der Waals surface area (Å²) in [7, 11) is 3.31. The van der Waals surface area contributed by atoms with Crippen LogP contribution in [-0.4, -0.2) is 48.5 Å². The maximum absolute atomic E-state index is 13.1. The van der Waals surface area contributed by atoms with E-state index >= 15 is 0 Å². The zero-order chi connectivity index (χ0) is 21.6. The van der Waals surface area contributed by atoms with Gasteiger partial charge in [0.15, 0.2) is 0 Å². The molecule has 29 heavy (non-hydrogen) atoms. The van der Waals surface area contributed by atoms with Crippen LogP contribution in [0.25, 0.3) is 0 Å². The highest BCUT2D eigenvalue weighted by Gasteiger charge is 2.42. The maximum Gasteiger partial charge on any atom is 0.416 e. The Hall–Kier alpha value is -2.09. The van der Waals surface area contributed by atoms with Crippen LogP contribution in [0.5, 0.6) is 5.75 Å². The largest absolute Gasteiger partial charge is 0.496 e. The molecule has 2 fully saturated rings. The second-order valence-electron chi connectivity index (χ2n) is 8.93. The Morgan fingerprint density at radius 3 is 2.41 bits per heavy atom. The predicted octanol–water partition coefficient (Wildman–Crippen LogP) is 4.63. The van der Waals surface area contributed by atoms with Crippen LogP contribution in [0.2, 0.25) is 0 Å². The number of hydrazine groups is 1. The standard InChI is InChI=1S/C21H28F3N3O2/c1-20(2,3)17-11-18(27(26(17)4)12-13-6-7-13)25-19(28)15-10-14(21(22,23)24)8-9-16(15)29-5/h8-10,13,17H,6-7,11-12H2,1-5H3/b25-18+. The fourth-order valence-corrected chi connectivity index (χ4v) is 3.74. The topological polar surface area (TPSA) is 45.1 Å². The van der Waals surface area contributed by atoms with E-state index in [1.54, 1.807) is 0 Å². The quantitative estimate of drug-likeness (QED) is 0.725. The molecule has 0 N–H and O–H groups in total. The SMILES string of the molecule is COc1ccc(C(F)(F)F)cc1C(=O)/N=C1\CC(C(C)(C)C)N(C)N1CC1CC1. The first-order chi connectivity index (χ1) is 13.4. The molecule has 1 saturated carbocycles. The number of halogens is 3. The number of alkyl halides is 3. The molecule has 1 aliphatic carbocycles. The summed E-state index contributed by atoms with van der Waals surface area (Å²) >= 11 is 0. The van der Waals surface area contributed by atoms with Crippen LogP contribution in [0, 0.1) is 11.3 Å². The van der Waals surface area contributed by atoms with Crippen molar-refractivity contribution in [2.24, 2.45) is 16.3 Å². The van der Waals surface area contributed by atoms with E-state index in [9.17, 15) is 18.0 Å². The molecule has 0 aromatic heterocycles. The molecule has 160 valence electrons. The Kier molecular flexibility index (Phi) is 5.69. The average Bonchev–Trinajstić information content (AvgIpc) is 3.38. The molecule has 1 unspecified atom stereocenters. The lowest BCUT2D eigenvalue weighted by Gasteiger charge is -2.36. The zero-order valence-corrected chi connectivity index (χ0v) is 17.5. The molecule has 8 heteroatoms. The third-order valence-electron chi connectivity index (χ3n) is 5.62. The molecule has 3 rings (SSSR count). The second kappa shape index (κ2) is 7.63. The summed E-state index contributed by atoms with van der Waals surface area (Å²) in [4.78, 5) is 17.2. The molecule has 5 nitrogen and oxygen atoms in total. The lowest BCUT2D eigenvalue weighted by Crippen LogP contribution is -2.45. The first-order valence-corrected chi connectivity index (χ1v) is 9.79. The number of methoxy groups -OCH3 is 1. The Labute approximate surface area is 169 Å². The predicted molar refractivity (Wildman–Crippen MR) is 105 cm³/mol. The van der Waals surface area contributed by atoms with E-state index in [0.717, 1.165) is 37.6 Å². The second-order valence-corrected chi connectivity index (χ2v) is 8.93. The van der Waals surface area contributed by atoms with Crippen molar-refractivity contribution in [3.8, 4) is 5.75 Å². The number of amidine groups is 1. The molecule has 1 amide bonds. The minimum absolute atomic E-state index is 0.0369. The third-order valence-corrected chi connectivity index (χ3v) is 5.62. The highest BCUT2D eigenvalue weighted by molar-refractivity contribution is 6.05. The molecule has 0 radical (unpaired) electrons. The van der Waals surface area contributed by atoms with Gasteiger partial charge in [0.1, 0.15) is 11.6 Å². The number of hydrogen-bond donors (Lipinski definition) is 0. The van der Waals surface area contributed by atoms with Gasteiger partial charge in [-0.3, -0.25) is 9.80 Å².